The molecule has 1 aliphatic carbocycles. The second-order valence-corrected chi connectivity index (χ2v) is 5.43. The van der Waals surface area contributed by atoms with E-state index < -0.39 is 0 Å². The summed E-state index contributed by atoms with van der Waals surface area (Å²) in [6.45, 7) is 0.886. The first kappa shape index (κ1) is 14.4. The minimum atomic E-state index is -0.0284. The van der Waals surface area contributed by atoms with Crippen LogP contribution in [-0.4, -0.2) is 31.4 Å². The number of benzene rings is 1. The standard InChI is InChI=1S/C16H23N3O/c1-19(2)16(20)13-7-8-15(14(17)11-13)18-10-9-12-5-3-4-6-12/h5,7-8,11,18H,3-4,6,9-10,17H2,1-2H3. The zero-order valence-corrected chi connectivity index (χ0v) is 12.3. The van der Waals surface area contributed by atoms with Gasteiger partial charge in [-0.15, -0.1) is 0 Å². The molecule has 4 heteroatoms. The van der Waals surface area contributed by atoms with Crippen molar-refractivity contribution in [2.24, 2.45) is 0 Å². The summed E-state index contributed by atoms with van der Waals surface area (Å²) >= 11 is 0. The van der Waals surface area contributed by atoms with Gasteiger partial charge in [0.15, 0.2) is 0 Å². The summed E-state index contributed by atoms with van der Waals surface area (Å²) in [6.07, 6.45) is 7.15. The van der Waals surface area contributed by atoms with Gasteiger partial charge in [-0.05, 0) is 43.9 Å². The van der Waals surface area contributed by atoms with Gasteiger partial charge in [-0.1, -0.05) is 11.6 Å². The molecule has 20 heavy (non-hydrogen) atoms. The van der Waals surface area contributed by atoms with Crippen LogP contribution in [0, 0.1) is 0 Å². The van der Waals surface area contributed by atoms with Crippen molar-refractivity contribution in [3.63, 3.8) is 0 Å². The molecule has 0 fully saturated rings. The van der Waals surface area contributed by atoms with Crippen LogP contribution in [0.5, 0.6) is 0 Å². The van der Waals surface area contributed by atoms with Crippen LogP contribution in [0.1, 0.15) is 36.0 Å². The van der Waals surface area contributed by atoms with E-state index in [9.17, 15) is 4.79 Å². The molecule has 0 spiro atoms. The lowest BCUT2D eigenvalue weighted by Gasteiger charge is -2.13. The highest BCUT2D eigenvalue weighted by Gasteiger charge is 2.10. The van der Waals surface area contributed by atoms with Crippen molar-refractivity contribution in [3.8, 4) is 0 Å². The monoisotopic (exact) mass is 273 g/mol. The summed E-state index contributed by atoms with van der Waals surface area (Å²) in [6, 6.07) is 5.43. The average molecular weight is 273 g/mol. The molecule has 0 heterocycles. The summed E-state index contributed by atoms with van der Waals surface area (Å²) in [4.78, 5) is 13.4. The van der Waals surface area contributed by atoms with Gasteiger partial charge in [0.25, 0.3) is 5.91 Å². The molecule has 0 saturated heterocycles. The summed E-state index contributed by atoms with van der Waals surface area (Å²) < 4.78 is 0. The molecule has 1 aromatic carbocycles. The van der Waals surface area contributed by atoms with Gasteiger partial charge >= 0.3 is 0 Å². The smallest absolute Gasteiger partial charge is 0.253 e. The van der Waals surface area contributed by atoms with Crippen LogP contribution in [0.15, 0.2) is 29.8 Å². The maximum atomic E-state index is 11.8. The number of amides is 1. The number of anilines is 2. The number of carbonyl (C=O) groups excluding carboxylic acids is 1. The van der Waals surface area contributed by atoms with Crippen molar-refractivity contribution in [3.05, 3.63) is 35.4 Å². The van der Waals surface area contributed by atoms with E-state index >= 15 is 0 Å². The molecular weight excluding hydrogens is 250 g/mol. The highest BCUT2D eigenvalue weighted by molar-refractivity contribution is 5.95. The van der Waals surface area contributed by atoms with Crippen molar-refractivity contribution < 1.29 is 4.79 Å². The van der Waals surface area contributed by atoms with E-state index in [1.165, 1.54) is 24.8 Å². The Balaban J connectivity index is 1.93. The molecule has 0 saturated carbocycles. The minimum absolute atomic E-state index is 0.0284. The third-order valence-corrected chi connectivity index (χ3v) is 3.60. The Morgan fingerprint density at radius 2 is 2.20 bits per heavy atom. The van der Waals surface area contributed by atoms with Gasteiger partial charge in [0.05, 0.1) is 11.4 Å². The van der Waals surface area contributed by atoms with Gasteiger partial charge in [-0.3, -0.25) is 4.79 Å². The lowest BCUT2D eigenvalue weighted by Crippen LogP contribution is -2.21. The number of carbonyl (C=O) groups is 1. The molecule has 1 amide bonds. The molecule has 0 aromatic heterocycles. The Morgan fingerprint density at radius 1 is 1.40 bits per heavy atom. The van der Waals surface area contributed by atoms with Gasteiger partial charge < -0.3 is 16.0 Å². The quantitative estimate of drug-likeness (QED) is 0.640. The number of hydrogen-bond donors (Lipinski definition) is 2. The average Bonchev–Trinajstić information content (AvgIpc) is 2.92. The van der Waals surface area contributed by atoms with Gasteiger partial charge in [0.2, 0.25) is 0 Å². The van der Waals surface area contributed by atoms with Crippen molar-refractivity contribution in [2.75, 3.05) is 31.7 Å². The van der Waals surface area contributed by atoms with Gasteiger partial charge in [0, 0.05) is 26.2 Å². The van der Waals surface area contributed by atoms with Gasteiger partial charge in [0.1, 0.15) is 0 Å². The number of nitrogens with zero attached hydrogens (tertiary/aromatic N) is 1. The van der Waals surface area contributed by atoms with E-state index in [1.807, 2.05) is 12.1 Å². The van der Waals surface area contributed by atoms with E-state index in [0.717, 1.165) is 18.7 Å². The Hall–Kier alpha value is -1.97. The topological polar surface area (TPSA) is 58.4 Å². The molecule has 4 nitrogen and oxygen atoms in total. The molecule has 0 bridgehead atoms. The maximum Gasteiger partial charge on any atom is 0.253 e. The lowest BCUT2D eigenvalue weighted by atomic mass is 10.1. The largest absolute Gasteiger partial charge is 0.397 e. The van der Waals surface area contributed by atoms with Crippen molar-refractivity contribution in [1.29, 1.82) is 0 Å². The number of nitrogen functional groups attached to an aromatic ring is 1. The van der Waals surface area contributed by atoms with Crippen molar-refractivity contribution in [1.82, 2.24) is 4.90 Å². The van der Waals surface area contributed by atoms with E-state index in [-0.39, 0.29) is 5.91 Å². The molecule has 1 aromatic rings. The third-order valence-electron chi connectivity index (χ3n) is 3.60. The van der Waals surface area contributed by atoms with E-state index in [4.69, 9.17) is 5.73 Å². The molecule has 1 aliphatic rings. The Bertz CT molecular complexity index is 520. The Morgan fingerprint density at radius 3 is 2.80 bits per heavy atom. The first-order valence-electron chi connectivity index (χ1n) is 7.11. The van der Waals surface area contributed by atoms with Crippen LogP contribution >= 0.6 is 0 Å². The third kappa shape index (κ3) is 3.53. The molecule has 2 rings (SSSR count). The highest BCUT2D eigenvalue weighted by Crippen LogP contribution is 2.23. The molecular formula is C16H23N3O. The molecule has 108 valence electrons. The summed E-state index contributed by atoms with van der Waals surface area (Å²) in [7, 11) is 3.47. The predicted molar refractivity (Wildman–Crippen MR) is 83.9 cm³/mol. The van der Waals surface area contributed by atoms with Crippen molar-refractivity contribution >= 4 is 17.3 Å². The number of nitrogens with one attached hydrogen (secondary N) is 1. The minimum Gasteiger partial charge on any atom is -0.397 e. The van der Waals surface area contributed by atoms with Crippen LogP contribution in [-0.2, 0) is 0 Å². The normalized spacial score (nSPS) is 14.0. The van der Waals surface area contributed by atoms with Crippen molar-refractivity contribution in [2.45, 2.75) is 25.7 Å². The maximum absolute atomic E-state index is 11.8. The Labute approximate surface area is 120 Å². The van der Waals surface area contributed by atoms with Gasteiger partial charge in [-0.2, -0.15) is 0 Å². The number of allylic oxidation sites excluding steroid dienone is 1. The second-order valence-electron chi connectivity index (χ2n) is 5.43. The molecule has 3 N–H and O–H groups in total. The Kier molecular flexibility index (Phi) is 4.66. The highest BCUT2D eigenvalue weighted by atomic mass is 16.2. The van der Waals surface area contributed by atoms with E-state index in [2.05, 4.69) is 11.4 Å². The number of rotatable bonds is 5. The molecule has 0 aliphatic heterocycles. The van der Waals surface area contributed by atoms with Crippen LogP contribution in [0.3, 0.4) is 0 Å². The van der Waals surface area contributed by atoms with E-state index in [0.29, 0.717) is 11.3 Å². The fourth-order valence-corrected chi connectivity index (χ4v) is 2.44. The molecule has 0 unspecified atom stereocenters. The molecule has 0 radical (unpaired) electrons. The summed E-state index contributed by atoms with van der Waals surface area (Å²) in [5, 5.41) is 3.34. The SMILES string of the molecule is CN(C)C(=O)c1ccc(NCCC2=CCCC2)c(N)c1. The summed E-state index contributed by atoms with van der Waals surface area (Å²) in [5.41, 5.74) is 9.69. The van der Waals surface area contributed by atoms with Crippen LogP contribution in [0.2, 0.25) is 0 Å². The number of nitrogens with two attached hydrogens (primary N) is 1. The second kappa shape index (κ2) is 6.46. The fraction of sp³-hybridized carbons (Fsp3) is 0.438. The molecule has 0 atom stereocenters. The van der Waals surface area contributed by atoms with Gasteiger partial charge in [-0.25, -0.2) is 0 Å². The first-order valence-corrected chi connectivity index (χ1v) is 7.11. The van der Waals surface area contributed by atoms with E-state index in [1.54, 1.807) is 25.1 Å². The lowest BCUT2D eigenvalue weighted by molar-refractivity contribution is 0.0827. The first-order chi connectivity index (χ1) is 9.58. The zero-order chi connectivity index (χ0) is 14.5. The predicted octanol–water partition coefficient (Wildman–Crippen LogP) is 2.88. The van der Waals surface area contributed by atoms with Crippen LogP contribution in [0.4, 0.5) is 11.4 Å². The zero-order valence-electron chi connectivity index (χ0n) is 12.3. The van der Waals surface area contributed by atoms with Crippen LogP contribution in [0.25, 0.3) is 0 Å². The number of hydrogen-bond acceptors (Lipinski definition) is 3. The fourth-order valence-electron chi connectivity index (χ4n) is 2.44. The summed E-state index contributed by atoms with van der Waals surface area (Å²) in [5.74, 6) is -0.0284. The van der Waals surface area contributed by atoms with Crippen LogP contribution < -0.4 is 11.1 Å².